The van der Waals surface area contributed by atoms with Crippen LogP contribution in [0.5, 0.6) is 0 Å². The molecule has 3 fully saturated rings. The van der Waals surface area contributed by atoms with Crippen LogP contribution in [0.1, 0.15) is 75.2 Å². The summed E-state index contributed by atoms with van der Waals surface area (Å²) in [6.45, 7) is 18.4. The number of hydrogen-bond acceptors (Lipinski definition) is 5. The van der Waals surface area contributed by atoms with E-state index < -0.39 is 29.0 Å². The lowest BCUT2D eigenvalue weighted by Gasteiger charge is -2.39. The maximum Gasteiger partial charge on any atom is 0.246 e. The van der Waals surface area contributed by atoms with E-state index in [0.717, 1.165) is 0 Å². The molecule has 0 radical (unpaired) electrons. The maximum absolute atomic E-state index is 14.0. The van der Waals surface area contributed by atoms with Crippen molar-refractivity contribution in [1.82, 2.24) is 20.9 Å². The van der Waals surface area contributed by atoms with Crippen molar-refractivity contribution in [2.75, 3.05) is 13.1 Å². The van der Waals surface area contributed by atoms with Gasteiger partial charge in [0.05, 0.1) is 6.07 Å². The molecule has 2 aliphatic heterocycles. The van der Waals surface area contributed by atoms with Gasteiger partial charge < -0.3 is 20.9 Å². The Hall–Kier alpha value is -2.63. The van der Waals surface area contributed by atoms with Crippen molar-refractivity contribution < 1.29 is 19.2 Å². The van der Waals surface area contributed by atoms with Gasteiger partial charge in [0.25, 0.3) is 0 Å². The molecule has 1 aliphatic carbocycles. The molecule has 0 bridgehead atoms. The summed E-state index contributed by atoms with van der Waals surface area (Å²) < 4.78 is 0. The molecule has 4 amide bonds. The summed E-state index contributed by atoms with van der Waals surface area (Å²) in [4.78, 5) is 54.1. The molecular weight excluding hydrogens is 458 g/mol. The molecule has 36 heavy (non-hydrogen) atoms. The van der Waals surface area contributed by atoms with Crippen LogP contribution in [-0.4, -0.2) is 59.7 Å². The van der Waals surface area contributed by atoms with Crippen molar-refractivity contribution in [3.05, 3.63) is 0 Å². The third-order valence-corrected chi connectivity index (χ3v) is 8.78. The van der Waals surface area contributed by atoms with Gasteiger partial charge in [-0.25, -0.2) is 0 Å². The number of hydrogen-bond donors (Lipinski definition) is 3. The molecule has 9 heteroatoms. The number of fused-ring (bicyclic) bond motifs is 1. The second-order valence-corrected chi connectivity index (χ2v) is 13.8. The van der Waals surface area contributed by atoms with Gasteiger partial charge in [-0.1, -0.05) is 62.3 Å². The highest BCUT2D eigenvalue weighted by atomic mass is 16.2. The summed E-state index contributed by atoms with van der Waals surface area (Å²) in [7, 11) is 0. The van der Waals surface area contributed by atoms with E-state index in [2.05, 4.69) is 42.8 Å². The minimum atomic E-state index is -0.823. The van der Waals surface area contributed by atoms with Crippen LogP contribution >= 0.6 is 0 Å². The highest BCUT2D eigenvalue weighted by molar-refractivity contribution is 5.95. The minimum absolute atomic E-state index is 0.0676. The lowest BCUT2D eigenvalue weighted by atomic mass is 9.83. The van der Waals surface area contributed by atoms with Crippen LogP contribution in [0.4, 0.5) is 0 Å². The van der Waals surface area contributed by atoms with Gasteiger partial charge in [0.1, 0.15) is 18.1 Å². The van der Waals surface area contributed by atoms with Crippen LogP contribution in [-0.2, 0) is 19.2 Å². The fraction of sp³-hybridized carbons (Fsp3) is 0.815. The Bertz CT molecular complexity index is 986. The first-order chi connectivity index (χ1) is 16.4. The van der Waals surface area contributed by atoms with E-state index in [4.69, 9.17) is 0 Å². The van der Waals surface area contributed by atoms with Crippen molar-refractivity contribution in [3.8, 4) is 6.07 Å². The number of nitriles is 1. The van der Waals surface area contributed by atoms with Crippen molar-refractivity contribution >= 4 is 23.6 Å². The van der Waals surface area contributed by atoms with Crippen LogP contribution in [0, 0.1) is 44.8 Å². The Morgan fingerprint density at radius 3 is 2.22 bits per heavy atom. The molecule has 1 saturated carbocycles. The second-order valence-electron chi connectivity index (χ2n) is 13.8. The molecule has 0 unspecified atom stereocenters. The minimum Gasteiger partial charge on any atom is -0.356 e. The largest absolute Gasteiger partial charge is 0.356 e. The third-order valence-electron chi connectivity index (χ3n) is 8.78. The average Bonchev–Trinajstić information content (AvgIpc) is 3.10. The van der Waals surface area contributed by atoms with Crippen LogP contribution in [0.15, 0.2) is 0 Å². The first-order valence-corrected chi connectivity index (χ1v) is 13.0. The smallest absolute Gasteiger partial charge is 0.246 e. The molecule has 3 aliphatic rings. The molecule has 200 valence electrons. The van der Waals surface area contributed by atoms with E-state index in [1.165, 1.54) is 0 Å². The summed E-state index contributed by atoms with van der Waals surface area (Å²) in [6.07, 6.45) is 0.877. The molecule has 3 N–H and O–H groups in total. The Labute approximate surface area is 215 Å². The predicted octanol–water partition coefficient (Wildman–Crippen LogP) is 1.97. The number of carbonyl (C=O) groups excluding carboxylic acids is 4. The summed E-state index contributed by atoms with van der Waals surface area (Å²) in [5, 5.41) is 18.3. The normalized spacial score (nSPS) is 30.5. The predicted molar refractivity (Wildman–Crippen MR) is 135 cm³/mol. The standard InChI is InChI=1S/C27H43N5O4/c1-24(2,3)19(31-23(36)25(4,5)6)22(35)32-14-27(9)18(26(27,7)8)17(32)21(34)30-16(13-28)12-15-10-11-29-20(15)33/h15-19H,10-12,14H2,1-9H3,(H,29,33)(H,30,34)(H,31,36)/t15-,16-,17-,18-,19+,27-/m0/s1. The molecule has 0 aromatic heterocycles. The van der Waals surface area contributed by atoms with Crippen LogP contribution < -0.4 is 16.0 Å². The lowest BCUT2D eigenvalue weighted by molar-refractivity contribution is -0.147. The van der Waals surface area contributed by atoms with E-state index in [0.29, 0.717) is 19.5 Å². The Kier molecular flexibility index (Phi) is 7.02. The van der Waals surface area contributed by atoms with Crippen LogP contribution in [0.25, 0.3) is 0 Å². The van der Waals surface area contributed by atoms with Crippen molar-refractivity contribution in [1.29, 1.82) is 5.26 Å². The first kappa shape index (κ1) is 27.9. The molecule has 2 saturated heterocycles. The van der Waals surface area contributed by atoms with Crippen LogP contribution in [0.2, 0.25) is 0 Å². The van der Waals surface area contributed by atoms with Gasteiger partial charge >= 0.3 is 0 Å². The topological polar surface area (TPSA) is 131 Å². The third kappa shape index (κ3) is 4.83. The van der Waals surface area contributed by atoms with E-state index in [1.807, 2.05) is 20.8 Å². The quantitative estimate of drug-likeness (QED) is 0.512. The van der Waals surface area contributed by atoms with Gasteiger partial charge in [-0.3, -0.25) is 19.2 Å². The Morgan fingerprint density at radius 2 is 1.75 bits per heavy atom. The highest BCUT2D eigenvalue weighted by Gasteiger charge is 2.77. The van der Waals surface area contributed by atoms with Crippen molar-refractivity contribution in [2.24, 2.45) is 33.5 Å². The zero-order valence-corrected chi connectivity index (χ0v) is 23.2. The number of carbonyl (C=O) groups is 4. The van der Waals surface area contributed by atoms with E-state index in [-0.39, 0.29) is 52.7 Å². The number of rotatable bonds is 6. The van der Waals surface area contributed by atoms with Crippen molar-refractivity contribution in [2.45, 2.75) is 93.3 Å². The second kappa shape index (κ2) is 9.04. The number of piperidine rings is 1. The number of nitrogens with zero attached hydrogens (tertiary/aromatic N) is 2. The maximum atomic E-state index is 14.0. The molecule has 9 nitrogen and oxygen atoms in total. The van der Waals surface area contributed by atoms with E-state index in [1.54, 1.807) is 25.7 Å². The summed E-state index contributed by atoms with van der Waals surface area (Å²) in [6, 6.07) is -0.255. The lowest BCUT2D eigenvalue weighted by Crippen LogP contribution is -2.60. The highest BCUT2D eigenvalue weighted by Crippen LogP contribution is 2.74. The number of nitrogens with one attached hydrogen (secondary N) is 3. The van der Waals surface area contributed by atoms with Crippen molar-refractivity contribution in [3.63, 3.8) is 0 Å². The number of amides is 4. The molecule has 3 rings (SSSR count). The fourth-order valence-corrected chi connectivity index (χ4v) is 6.02. The fourth-order valence-electron chi connectivity index (χ4n) is 6.02. The first-order valence-electron chi connectivity index (χ1n) is 13.0. The summed E-state index contributed by atoms with van der Waals surface area (Å²) in [5.41, 5.74) is -1.64. The molecule has 2 heterocycles. The SMILES string of the molecule is CC(C)(C)C(=O)N[C@H](C(=O)N1C[C@@]2(C)[C@@H]([C@H]1C(=O)N[C@H](C#N)C[C@@H]1CCNC1=O)C2(C)C)C(C)(C)C. The zero-order valence-electron chi connectivity index (χ0n) is 23.2. The number of likely N-dealkylation sites (tertiary alicyclic amines) is 1. The summed E-state index contributed by atoms with van der Waals surface area (Å²) >= 11 is 0. The molecule has 0 spiro atoms. The van der Waals surface area contributed by atoms with E-state index in [9.17, 15) is 24.4 Å². The van der Waals surface area contributed by atoms with Crippen LogP contribution in [0.3, 0.4) is 0 Å². The molecule has 0 aromatic rings. The molecular formula is C27H43N5O4. The average molecular weight is 502 g/mol. The van der Waals surface area contributed by atoms with Gasteiger partial charge in [-0.2, -0.15) is 5.26 Å². The molecule has 0 aromatic carbocycles. The molecule has 6 atom stereocenters. The Morgan fingerprint density at radius 1 is 1.14 bits per heavy atom. The van der Waals surface area contributed by atoms with Gasteiger partial charge in [0.15, 0.2) is 0 Å². The van der Waals surface area contributed by atoms with Gasteiger partial charge in [-0.15, -0.1) is 0 Å². The van der Waals surface area contributed by atoms with Gasteiger partial charge in [0.2, 0.25) is 23.6 Å². The Balaban J connectivity index is 1.86. The van der Waals surface area contributed by atoms with Gasteiger partial charge in [0, 0.05) is 30.3 Å². The summed E-state index contributed by atoms with van der Waals surface area (Å²) in [5.74, 6) is -1.36. The van der Waals surface area contributed by atoms with Gasteiger partial charge in [-0.05, 0) is 29.1 Å². The van der Waals surface area contributed by atoms with E-state index >= 15 is 0 Å². The monoisotopic (exact) mass is 501 g/mol. The zero-order chi connectivity index (χ0) is 27.4.